The molecule has 4 nitrogen and oxygen atoms in total. The Balaban J connectivity index is 2.56. The molecule has 0 bridgehead atoms. The Hall–Kier alpha value is -0.640. The van der Waals surface area contributed by atoms with Crippen molar-refractivity contribution in [2.24, 2.45) is 5.34 Å². The maximum Gasteiger partial charge on any atom is 0.155 e. The Morgan fingerprint density at radius 1 is 1.71 bits per heavy atom. The third-order valence-electron chi connectivity index (χ3n) is 0.446. The van der Waals surface area contributed by atoms with Crippen LogP contribution in [0.1, 0.15) is 6.42 Å². The molecule has 7 heavy (non-hydrogen) atoms. The fourth-order valence-corrected chi connectivity index (χ4v) is 0.166. The van der Waals surface area contributed by atoms with Gasteiger partial charge in [-0.1, -0.05) is 0 Å². The molecule has 0 aromatic carbocycles. The fourth-order valence-electron chi connectivity index (χ4n) is 0.166. The van der Waals surface area contributed by atoms with Crippen LogP contribution in [-0.2, 0) is 4.84 Å². The van der Waals surface area contributed by atoms with Gasteiger partial charge in [0.2, 0.25) is 0 Å². The zero-order chi connectivity index (χ0) is 5.54. The second-order valence-corrected chi connectivity index (χ2v) is 0.985. The van der Waals surface area contributed by atoms with E-state index in [-0.39, 0.29) is 13.2 Å². The summed E-state index contributed by atoms with van der Waals surface area (Å²) in [5.74, 6) is 0. The van der Waals surface area contributed by atoms with Gasteiger partial charge in [-0.15, -0.1) is 4.91 Å². The number of nitrogens with zero attached hydrogens (tertiary/aromatic N) is 1. The Morgan fingerprint density at radius 3 is 2.86 bits per heavy atom. The van der Waals surface area contributed by atoms with Crippen LogP contribution < -0.4 is 0 Å². The van der Waals surface area contributed by atoms with E-state index in [2.05, 4.69) is 10.2 Å². The second-order valence-electron chi connectivity index (χ2n) is 0.985. The Kier molecular flexibility index (Phi) is 4.87. The summed E-state index contributed by atoms with van der Waals surface area (Å²) in [6.07, 6.45) is 0.464. The van der Waals surface area contributed by atoms with Crippen molar-refractivity contribution in [1.82, 2.24) is 0 Å². The highest BCUT2D eigenvalue weighted by Crippen LogP contribution is 1.78. The van der Waals surface area contributed by atoms with Crippen LogP contribution in [0, 0.1) is 4.91 Å². The predicted molar refractivity (Wildman–Crippen MR) is 23.4 cm³/mol. The van der Waals surface area contributed by atoms with E-state index in [1.807, 2.05) is 0 Å². The SMILES string of the molecule is O=NOCCCO. The molecule has 0 saturated carbocycles. The van der Waals surface area contributed by atoms with Crippen LogP contribution in [0.2, 0.25) is 0 Å². The van der Waals surface area contributed by atoms with Gasteiger partial charge in [0, 0.05) is 13.0 Å². The first-order chi connectivity index (χ1) is 3.41. The van der Waals surface area contributed by atoms with Gasteiger partial charge in [0.15, 0.2) is 5.34 Å². The molecule has 4 heteroatoms. The van der Waals surface area contributed by atoms with Crippen molar-refractivity contribution in [1.29, 1.82) is 0 Å². The first-order valence-electron chi connectivity index (χ1n) is 1.97. The minimum atomic E-state index is 0.0372. The average Bonchev–Trinajstić information content (AvgIpc) is 1.69. The Morgan fingerprint density at radius 2 is 2.43 bits per heavy atom. The molecule has 0 fully saturated rings. The molecule has 0 amide bonds. The lowest BCUT2D eigenvalue weighted by molar-refractivity contribution is 0.120. The molecule has 0 radical (unpaired) electrons. The summed E-state index contributed by atoms with van der Waals surface area (Å²) in [5, 5.41) is 10.2. The van der Waals surface area contributed by atoms with Crippen LogP contribution in [0.4, 0.5) is 0 Å². The molecule has 0 aromatic rings. The smallest absolute Gasteiger partial charge is 0.155 e. The van der Waals surface area contributed by atoms with Gasteiger partial charge in [-0.2, -0.15) is 0 Å². The number of hydrogen-bond donors (Lipinski definition) is 1. The lowest BCUT2D eigenvalue weighted by Crippen LogP contribution is -1.89. The van der Waals surface area contributed by atoms with Gasteiger partial charge in [0.25, 0.3) is 0 Å². The third kappa shape index (κ3) is 5.36. The normalized spacial score (nSPS) is 8.14. The maximum atomic E-state index is 9.13. The molecule has 0 unspecified atom stereocenters. The molecule has 0 atom stereocenters. The lowest BCUT2D eigenvalue weighted by atomic mass is 10.5. The van der Waals surface area contributed by atoms with Crippen molar-refractivity contribution in [2.75, 3.05) is 13.2 Å². The summed E-state index contributed by atoms with van der Waals surface area (Å²) in [4.78, 5) is 13.1. The zero-order valence-electron chi connectivity index (χ0n) is 3.83. The Labute approximate surface area is 41.0 Å². The topological polar surface area (TPSA) is 58.9 Å². The molecule has 0 aliphatic carbocycles. The van der Waals surface area contributed by atoms with Gasteiger partial charge in [0.05, 0.1) is 0 Å². The standard InChI is InChI=1S/C3H7NO3/c5-2-1-3-7-4-6/h5H,1-3H2. The highest BCUT2D eigenvalue weighted by atomic mass is 16.7. The predicted octanol–water partition coefficient (Wildman–Crippen LogP) is 0.0668. The summed E-state index contributed by atoms with van der Waals surface area (Å²) < 4.78 is 0. The monoisotopic (exact) mass is 105 g/mol. The third-order valence-corrected chi connectivity index (χ3v) is 0.446. The highest BCUT2D eigenvalue weighted by Gasteiger charge is 1.80. The van der Waals surface area contributed by atoms with Crippen molar-refractivity contribution >= 4 is 0 Å². The summed E-state index contributed by atoms with van der Waals surface area (Å²) in [5.41, 5.74) is 0. The lowest BCUT2D eigenvalue weighted by Gasteiger charge is -1.87. The quantitative estimate of drug-likeness (QED) is 0.312. The summed E-state index contributed by atoms with van der Waals surface area (Å²) in [7, 11) is 0. The largest absolute Gasteiger partial charge is 0.396 e. The zero-order valence-corrected chi connectivity index (χ0v) is 3.83. The number of aliphatic hydroxyl groups excluding tert-OH is 1. The van der Waals surface area contributed by atoms with Crippen LogP contribution in [0.3, 0.4) is 0 Å². The van der Waals surface area contributed by atoms with E-state index in [9.17, 15) is 0 Å². The minimum absolute atomic E-state index is 0.0372. The molecule has 0 heterocycles. The summed E-state index contributed by atoms with van der Waals surface area (Å²) in [6.45, 7) is 0.246. The molecule has 0 saturated heterocycles. The van der Waals surface area contributed by atoms with Gasteiger partial charge in [-0.3, -0.25) is 0 Å². The first-order valence-corrected chi connectivity index (χ1v) is 1.97. The molecule has 1 N–H and O–H groups in total. The number of aliphatic hydroxyl groups is 1. The van der Waals surface area contributed by atoms with Crippen LogP contribution in [0.25, 0.3) is 0 Å². The van der Waals surface area contributed by atoms with Crippen LogP contribution in [0.5, 0.6) is 0 Å². The molecular weight excluding hydrogens is 98.0 g/mol. The van der Waals surface area contributed by atoms with Gasteiger partial charge < -0.3 is 9.94 Å². The van der Waals surface area contributed by atoms with Crippen LogP contribution >= 0.6 is 0 Å². The maximum absolute atomic E-state index is 9.13. The molecule has 0 aliphatic rings. The van der Waals surface area contributed by atoms with E-state index in [0.717, 1.165) is 0 Å². The summed E-state index contributed by atoms with van der Waals surface area (Å²) in [6, 6.07) is 0. The molecule has 0 spiro atoms. The van der Waals surface area contributed by atoms with E-state index in [4.69, 9.17) is 10.0 Å². The molecule has 0 aromatic heterocycles. The highest BCUT2D eigenvalue weighted by molar-refractivity contribution is 4.26. The van der Waals surface area contributed by atoms with Crippen molar-refractivity contribution in [3.05, 3.63) is 4.91 Å². The van der Waals surface area contributed by atoms with E-state index >= 15 is 0 Å². The van der Waals surface area contributed by atoms with E-state index < -0.39 is 0 Å². The first kappa shape index (κ1) is 6.36. The Bertz CT molecular complexity index is 47.4. The van der Waals surface area contributed by atoms with E-state index in [1.54, 1.807) is 0 Å². The van der Waals surface area contributed by atoms with Crippen molar-refractivity contribution in [3.63, 3.8) is 0 Å². The second kappa shape index (κ2) is 5.36. The molecule has 42 valence electrons. The molecular formula is C3H7NO3. The number of hydrogen-bond acceptors (Lipinski definition) is 4. The van der Waals surface area contributed by atoms with Crippen molar-refractivity contribution in [2.45, 2.75) is 6.42 Å². The average molecular weight is 105 g/mol. The minimum Gasteiger partial charge on any atom is -0.396 e. The van der Waals surface area contributed by atoms with Crippen LogP contribution in [-0.4, -0.2) is 18.3 Å². The summed E-state index contributed by atoms with van der Waals surface area (Å²) >= 11 is 0. The van der Waals surface area contributed by atoms with Crippen LogP contribution in [0.15, 0.2) is 5.34 Å². The van der Waals surface area contributed by atoms with Gasteiger partial charge in [0.1, 0.15) is 6.61 Å². The van der Waals surface area contributed by atoms with Gasteiger partial charge >= 0.3 is 0 Å². The fraction of sp³-hybridized carbons (Fsp3) is 1.00. The van der Waals surface area contributed by atoms with E-state index in [0.29, 0.717) is 6.42 Å². The van der Waals surface area contributed by atoms with Gasteiger partial charge in [-0.05, 0) is 0 Å². The molecule has 0 rings (SSSR count). The number of rotatable bonds is 4. The van der Waals surface area contributed by atoms with Crippen molar-refractivity contribution in [3.8, 4) is 0 Å². The van der Waals surface area contributed by atoms with Gasteiger partial charge in [-0.25, -0.2) is 0 Å². The van der Waals surface area contributed by atoms with E-state index in [1.165, 1.54) is 0 Å². The molecule has 0 aliphatic heterocycles. The van der Waals surface area contributed by atoms with Crippen molar-refractivity contribution < 1.29 is 9.94 Å².